The van der Waals surface area contributed by atoms with E-state index in [1.165, 1.54) is 0 Å². The van der Waals surface area contributed by atoms with E-state index in [-0.39, 0.29) is 23.7 Å². The maximum Gasteiger partial charge on any atom is 0.228 e. The van der Waals surface area contributed by atoms with Gasteiger partial charge in [0.1, 0.15) is 6.07 Å². The third kappa shape index (κ3) is 2.64. The number of anilines is 1. The van der Waals surface area contributed by atoms with Crippen LogP contribution in [0.5, 0.6) is 0 Å². The molecule has 2 atom stereocenters. The van der Waals surface area contributed by atoms with Crippen LogP contribution in [0.1, 0.15) is 24.8 Å². The average molecular weight is 269 g/mol. The van der Waals surface area contributed by atoms with Gasteiger partial charge >= 0.3 is 0 Å². The number of hydrogen-bond acceptors (Lipinski definition) is 3. The molecule has 0 bridgehead atoms. The summed E-state index contributed by atoms with van der Waals surface area (Å²) in [5, 5.41) is 14.6. The van der Waals surface area contributed by atoms with Crippen molar-refractivity contribution in [2.75, 3.05) is 5.32 Å². The molecule has 1 aromatic carbocycles. The van der Waals surface area contributed by atoms with Gasteiger partial charge in [-0.25, -0.2) is 0 Å². The smallest absolute Gasteiger partial charge is 0.228 e. The first-order valence-corrected chi connectivity index (χ1v) is 6.79. The minimum absolute atomic E-state index is 0.0128. The van der Waals surface area contributed by atoms with Gasteiger partial charge in [-0.1, -0.05) is 12.1 Å². The monoisotopic (exact) mass is 269 g/mol. The topological polar surface area (TPSA) is 82.0 Å². The van der Waals surface area contributed by atoms with Gasteiger partial charge in [0, 0.05) is 6.04 Å². The van der Waals surface area contributed by atoms with E-state index in [9.17, 15) is 9.59 Å². The molecular weight excluding hydrogens is 254 g/mol. The summed E-state index contributed by atoms with van der Waals surface area (Å²) in [6.45, 7) is 0. The lowest BCUT2D eigenvalue weighted by molar-refractivity contribution is -0.125. The van der Waals surface area contributed by atoms with Gasteiger partial charge in [0.25, 0.3) is 0 Å². The molecule has 20 heavy (non-hydrogen) atoms. The van der Waals surface area contributed by atoms with Crippen molar-refractivity contribution in [2.24, 2.45) is 11.8 Å². The van der Waals surface area contributed by atoms with E-state index in [1.807, 2.05) is 6.07 Å². The van der Waals surface area contributed by atoms with Gasteiger partial charge in [-0.15, -0.1) is 0 Å². The molecule has 0 aliphatic heterocycles. The number of carbonyl (C=O) groups is 2. The molecular formula is C15H15N3O2. The highest BCUT2D eigenvalue weighted by Crippen LogP contribution is 2.40. The molecule has 5 nitrogen and oxygen atoms in total. The Morgan fingerprint density at radius 2 is 1.85 bits per heavy atom. The Morgan fingerprint density at radius 3 is 2.55 bits per heavy atom. The molecule has 2 fully saturated rings. The lowest BCUT2D eigenvalue weighted by atomic mass is 10.2. The fourth-order valence-electron chi connectivity index (χ4n) is 2.23. The highest BCUT2D eigenvalue weighted by molar-refractivity contribution is 6.00. The van der Waals surface area contributed by atoms with Crippen LogP contribution in [0.4, 0.5) is 5.69 Å². The number of carbonyl (C=O) groups excluding carboxylic acids is 2. The Morgan fingerprint density at radius 1 is 1.15 bits per heavy atom. The Balaban J connectivity index is 1.58. The third-order valence-corrected chi connectivity index (χ3v) is 3.69. The average Bonchev–Trinajstić information content (AvgIpc) is 3.32. The minimum atomic E-state index is -0.263. The minimum Gasteiger partial charge on any atom is -0.353 e. The fraction of sp³-hybridized carbons (Fsp3) is 0.400. The number of hydrogen-bond donors (Lipinski definition) is 2. The van der Waals surface area contributed by atoms with Crippen molar-refractivity contribution in [3.63, 3.8) is 0 Å². The Kier molecular flexibility index (Phi) is 3.15. The number of nitrogens with one attached hydrogen (secondary N) is 2. The van der Waals surface area contributed by atoms with E-state index in [0.29, 0.717) is 23.7 Å². The van der Waals surface area contributed by atoms with Crippen molar-refractivity contribution in [1.29, 1.82) is 5.26 Å². The number of para-hydroxylation sites is 1. The standard InChI is InChI=1S/C15H15N3O2/c16-8-9-3-1-2-4-13(9)18-15(20)12-7-11(12)14(19)17-10-5-6-10/h1-4,10-12H,5-7H2,(H,17,19)(H,18,20). The molecule has 0 heterocycles. The maximum absolute atomic E-state index is 12.1. The summed E-state index contributed by atoms with van der Waals surface area (Å²) in [7, 11) is 0. The second-order valence-corrected chi connectivity index (χ2v) is 5.38. The zero-order valence-electron chi connectivity index (χ0n) is 10.9. The van der Waals surface area contributed by atoms with Crippen molar-refractivity contribution >= 4 is 17.5 Å². The molecule has 2 aliphatic carbocycles. The third-order valence-electron chi connectivity index (χ3n) is 3.69. The van der Waals surface area contributed by atoms with E-state index in [4.69, 9.17) is 5.26 Å². The van der Waals surface area contributed by atoms with Crippen LogP contribution in [-0.4, -0.2) is 17.9 Å². The van der Waals surface area contributed by atoms with Crippen molar-refractivity contribution in [3.05, 3.63) is 29.8 Å². The summed E-state index contributed by atoms with van der Waals surface area (Å²) >= 11 is 0. The summed E-state index contributed by atoms with van der Waals surface area (Å²) in [5.41, 5.74) is 0.939. The van der Waals surface area contributed by atoms with Crippen LogP contribution in [0.15, 0.2) is 24.3 Å². The van der Waals surface area contributed by atoms with Crippen LogP contribution in [0.3, 0.4) is 0 Å². The maximum atomic E-state index is 12.1. The zero-order chi connectivity index (χ0) is 14.1. The zero-order valence-corrected chi connectivity index (χ0v) is 10.9. The van der Waals surface area contributed by atoms with Gasteiger partial charge in [0.15, 0.2) is 0 Å². The van der Waals surface area contributed by atoms with Crippen molar-refractivity contribution in [1.82, 2.24) is 5.32 Å². The Hall–Kier alpha value is -2.35. The van der Waals surface area contributed by atoms with Gasteiger partial charge in [-0.05, 0) is 31.4 Å². The molecule has 3 rings (SSSR count). The number of amides is 2. The van der Waals surface area contributed by atoms with Crippen LogP contribution in [0, 0.1) is 23.2 Å². The number of rotatable bonds is 4. The molecule has 0 radical (unpaired) electrons. The largest absolute Gasteiger partial charge is 0.353 e. The fourth-order valence-corrected chi connectivity index (χ4v) is 2.23. The van der Waals surface area contributed by atoms with Crippen LogP contribution < -0.4 is 10.6 Å². The first kappa shape index (κ1) is 12.7. The summed E-state index contributed by atoms with van der Waals surface area (Å²) in [4.78, 5) is 23.9. The SMILES string of the molecule is N#Cc1ccccc1NC(=O)C1CC1C(=O)NC1CC1. The summed E-state index contributed by atoms with van der Waals surface area (Å²) in [6, 6.07) is 9.22. The molecule has 2 amide bonds. The normalized spacial score (nSPS) is 23.6. The molecule has 1 aromatic rings. The first-order chi connectivity index (χ1) is 9.69. The van der Waals surface area contributed by atoms with Crippen LogP contribution in [-0.2, 0) is 9.59 Å². The molecule has 2 N–H and O–H groups in total. The molecule has 5 heteroatoms. The predicted octanol–water partition coefficient (Wildman–Crippen LogP) is 1.41. The second kappa shape index (κ2) is 4.97. The summed E-state index contributed by atoms with van der Waals surface area (Å²) in [5.74, 6) is -0.657. The lowest BCUT2D eigenvalue weighted by Crippen LogP contribution is -2.29. The Bertz CT molecular complexity index is 601. The summed E-state index contributed by atoms with van der Waals surface area (Å²) in [6.07, 6.45) is 2.69. The van der Waals surface area contributed by atoms with E-state index in [0.717, 1.165) is 12.8 Å². The predicted molar refractivity (Wildman–Crippen MR) is 72.5 cm³/mol. The van der Waals surface area contributed by atoms with Crippen LogP contribution in [0.2, 0.25) is 0 Å². The van der Waals surface area contributed by atoms with Crippen LogP contribution in [0.25, 0.3) is 0 Å². The molecule has 2 saturated carbocycles. The van der Waals surface area contributed by atoms with E-state index >= 15 is 0 Å². The van der Waals surface area contributed by atoms with Crippen molar-refractivity contribution in [2.45, 2.75) is 25.3 Å². The quantitative estimate of drug-likeness (QED) is 0.867. The number of benzene rings is 1. The molecule has 0 saturated heterocycles. The lowest BCUT2D eigenvalue weighted by Gasteiger charge is -2.06. The van der Waals surface area contributed by atoms with Gasteiger partial charge in [-0.3, -0.25) is 9.59 Å². The second-order valence-electron chi connectivity index (χ2n) is 5.38. The molecule has 2 unspecified atom stereocenters. The highest BCUT2D eigenvalue weighted by atomic mass is 16.2. The van der Waals surface area contributed by atoms with E-state index in [2.05, 4.69) is 10.6 Å². The highest BCUT2D eigenvalue weighted by Gasteiger charge is 2.48. The molecule has 0 aromatic heterocycles. The van der Waals surface area contributed by atoms with Gasteiger partial charge in [0.05, 0.1) is 23.1 Å². The molecule has 0 spiro atoms. The molecule has 2 aliphatic rings. The van der Waals surface area contributed by atoms with Crippen molar-refractivity contribution in [3.8, 4) is 6.07 Å². The first-order valence-electron chi connectivity index (χ1n) is 6.79. The van der Waals surface area contributed by atoms with E-state index in [1.54, 1.807) is 24.3 Å². The summed E-state index contributed by atoms with van der Waals surface area (Å²) < 4.78 is 0. The number of nitriles is 1. The van der Waals surface area contributed by atoms with Crippen molar-refractivity contribution < 1.29 is 9.59 Å². The van der Waals surface area contributed by atoms with E-state index < -0.39 is 0 Å². The number of nitrogens with zero attached hydrogens (tertiary/aromatic N) is 1. The van der Waals surface area contributed by atoms with Crippen LogP contribution >= 0.6 is 0 Å². The van der Waals surface area contributed by atoms with Gasteiger partial charge in [-0.2, -0.15) is 5.26 Å². The Labute approximate surface area is 117 Å². The van der Waals surface area contributed by atoms with Gasteiger partial charge in [0.2, 0.25) is 11.8 Å². The van der Waals surface area contributed by atoms with Gasteiger partial charge < -0.3 is 10.6 Å². The molecule has 102 valence electrons.